The van der Waals surface area contributed by atoms with Crippen molar-refractivity contribution < 1.29 is 14.3 Å². The predicted molar refractivity (Wildman–Crippen MR) is 62.3 cm³/mol. The van der Waals surface area contributed by atoms with Crippen molar-refractivity contribution in [2.24, 2.45) is 5.92 Å². The average molecular weight is 251 g/mol. The smallest absolute Gasteiger partial charge is 0.224 e. The molecule has 0 aliphatic carbocycles. The Morgan fingerprint density at radius 1 is 1.44 bits per heavy atom. The fourth-order valence-corrected chi connectivity index (χ4v) is 2.28. The molecule has 0 N–H and O–H groups in total. The maximum absolute atomic E-state index is 11.9. The van der Waals surface area contributed by atoms with Gasteiger partial charge in [-0.1, -0.05) is 0 Å². The number of morpholine rings is 1. The fraction of sp³-hybridized carbons (Fsp3) is 0.750. The van der Waals surface area contributed by atoms with E-state index in [9.17, 15) is 9.59 Å². The normalized spacial score (nSPS) is 24.2. The summed E-state index contributed by atoms with van der Waals surface area (Å²) in [6.45, 7) is 3.33. The second-order valence-corrected chi connectivity index (χ2v) is 4.61. The first kappa shape index (κ1) is 12.8. The number of amides is 2. The quantitative estimate of drug-likeness (QED) is 0.684. The van der Waals surface area contributed by atoms with Crippen molar-refractivity contribution in [3.63, 3.8) is 0 Å². The van der Waals surface area contributed by atoms with Gasteiger partial charge >= 0.3 is 0 Å². The van der Waals surface area contributed by atoms with Crippen LogP contribution in [-0.4, -0.2) is 61.0 Å². The molecule has 1 unspecified atom stereocenters. The zero-order valence-electron chi connectivity index (χ0n) is 10.3. The van der Waals surface area contributed by atoms with E-state index in [0.717, 1.165) is 0 Å². The Bertz CT molecular complexity index is 371. The van der Waals surface area contributed by atoms with Gasteiger partial charge in [-0.2, -0.15) is 5.26 Å². The van der Waals surface area contributed by atoms with Gasteiger partial charge in [-0.3, -0.25) is 9.59 Å². The standard InChI is InChI=1S/C12H17N3O3/c13-8-10-7-12(17)15(9-10)2-1-11(16)14-3-5-18-6-4-14/h10H,1-7,9H2. The van der Waals surface area contributed by atoms with E-state index < -0.39 is 0 Å². The molecule has 0 aromatic carbocycles. The molecule has 2 aliphatic heterocycles. The first-order chi connectivity index (χ1) is 8.70. The Kier molecular flexibility index (Phi) is 4.15. The van der Waals surface area contributed by atoms with Crippen molar-refractivity contribution in [3.05, 3.63) is 0 Å². The molecule has 6 nitrogen and oxygen atoms in total. The van der Waals surface area contributed by atoms with Gasteiger partial charge in [0.05, 0.1) is 25.2 Å². The van der Waals surface area contributed by atoms with Gasteiger partial charge < -0.3 is 14.5 Å². The number of nitrogens with zero attached hydrogens (tertiary/aromatic N) is 3. The Labute approximate surface area is 106 Å². The van der Waals surface area contributed by atoms with Crippen LogP contribution in [0.4, 0.5) is 0 Å². The third-order valence-corrected chi connectivity index (χ3v) is 3.36. The van der Waals surface area contributed by atoms with Crippen LogP contribution in [0.15, 0.2) is 0 Å². The molecule has 0 bridgehead atoms. The molecule has 2 fully saturated rings. The fourth-order valence-electron chi connectivity index (χ4n) is 2.28. The van der Waals surface area contributed by atoms with Gasteiger partial charge in [0.2, 0.25) is 11.8 Å². The number of carbonyl (C=O) groups excluding carboxylic acids is 2. The molecule has 1 atom stereocenters. The first-order valence-corrected chi connectivity index (χ1v) is 6.23. The number of rotatable bonds is 3. The van der Waals surface area contributed by atoms with Gasteiger partial charge in [0.1, 0.15) is 0 Å². The third-order valence-electron chi connectivity index (χ3n) is 3.36. The maximum Gasteiger partial charge on any atom is 0.224 e. The lowest BCUT2D eigenvalue weighted by molar-refractivity contribution is -0.136. The third kappa shape index (κ3) is 2.99. The Hall–Kier alpha value is -1.61. The minimum absolute atomic E-state index is 0.0173. The van der Waals surface area contributed by atoms with Gasteiger partial charge in [-0.25, -0.2) is 0 Å². The number of ether oxygens (including phenoxy) is 1. The summed E-state index contributed by atoms with van der Waals surface area (Å²) >= 11 is 0. The van der Waals surface area contributed by atoms with Crippen LogP contribution >= 0.6 is 0 Å². The Morgan fingerprint density at radius 2 is 2.17 bits per heavy atom. The van der Waals surface area contributed by atoms with Gasteiger partial charge in [0, 0.05) is 39.0 Å². The van der Waals surface area contributed by atoms with Crippen LogP contribution in [-0.2, 0) is 14.3 Å². The lowest BCUT2D eigenvalue weighted by Crippen LogP contribution is -2.42. The summed E-state index contributed by atoms with van der Waals surface area (Å²) in [5.41, 5.74) is 0. The molecule has 0 aromatic rings. The molecule has 2 rings (SSSR count). The van der Waals surface area contributed by atoms with E-state index in [4.69, 9.17) is 10.00 Å². The van der Waals surface area contributed by atoms with Crippen LogP contribution in [0, 0.1) is 17.2 Å². The minimum atomic E-state index is -0.212. The van der Waals surface area contributed by atoms with Crippen molar-refractivity contribution in [1.29, 1.82) is 5.26 Å². The molecule has 0 saturated carbocycles. The predicted octanol–water partition coefficient (Wildman–Crippen LogP) is -0.393. The summed E-state index contributed by atoms with van der Waals surface area (Å²) in [6, 6.07) is 2.10. The second kappa shape index (κ2) is 5.83. The molecular formula is C12H17N3O3. The van der Waals surface area contributed by atoms with Crippen molar-refractivity contribution in [3.8, 4) is 6.07 Å². The van der Waals surface area contributed by atoms with Crippen LogP contribution in [0.5, 0.6) is 0 Å². The maximum atomic E-state index is 11.9. The monoisotopic (exact) mass is 251 g/mol. The number of nitriles is 1. The first-order valence-electron chi connectivity index (χ1n) is 6.23. The van der Waals surface area contributed by atoms with Crippen molar-refractivity contribution in [2.75, 3.05) is 39.4 Å². The minimum Gasteiger partial charge on any atom is -0.378 e. The molecule has 0 spiro atoms. The molecule has 0 aromatic heterocycles. The molecule has 2 amide bonds. The number of carbonyl (C=O) groups is 2. The summed E-state index contributed by atoms with van der Waals surface area (Å²) in [6.07, 6.45) is 0.631. The largest absolute Gasteiger partial charge is 0.378 e. The van der Waals surface area contributed by atoms with E-state index >= 15 is 0 Å². The highest BCUT2D eigenvalue weighted by atomic mass is 16.5. The van der Waals surface area contributed by atoms with Crippen molar-refractivity contribution >= 4 is 11.8 Å². The van der Waals surface area contributed by atoms with Gasteiger partial charge in [-0.05, 0) is 0 Å². The van der Waals surface area contributed by atoms with Crippen molar-refractivity contribution in [2.45, 2.75) is 12.8 Å². The summed E-state index contributed by atoms with van der Waals surface area (Å²) < 4.78 is 5.18. The molecule has 6 heteroatoms. The summed E-state index contributed by atoms with van der Waals surface area (Å²) in [5, 5.41) is 8.76. The summed E-state index contributed by atoms with van der Waals surface area (Å²) in [5.74, 6) is -0.168. The van der Waals surface area contributed by atoms with Crippen LogP contribution in [0.25, 0.3) is 0 Å². The highest BCUT2D eigenvalue weighted by Crippen LogP contribution is 2.17. The Morgan fingerprint density at radius 3 is 2.78 bits per heavy atom. The highest BCUT2D eigenvalue weighted by molar-refractivity contribution is 5.81. The summed E-state index contributed by atoms with van der Waals surface area (Å²) in [4.78, 5) is 26.8. The van der Waals surface area contributed by atoms with Gasteiger partial charge in [-0.15, -0.1) is 0 Å². The molecule has 2 saturated heterocycles. The lowest BCUT2D eigenvalue weighted by atomic mass is 10.1. The SMILES string of the molecule is N#CC1CC(=O)N(CCC(=O)N2CCOCC2)C1. The number of likely N-dealkylation sites (tertiary alicyclic amines) is 1. The van der Waals surface area contributed by atoms with E-state index in [1.807, 2.05) is 0 Å². The second-order valence-electron chi connectivity index (χ2n) is 4.61. The van der Waals surface area contributed by atoms with Gasteiger partial charge in [0.15, 0.2) is 0 Å². The number of hydrogen-bond donors (Lipinski definition) is 0. The van der Waals surface area contributed by atoms with Gasteiger partial charge in [0.25, 0.3) is 0 Å². The highest BCUT2D eigenvalue weighted by Gasteiger charge is 2.29. The topological polar surface area (TPSA) is 73.6 Å². The molecule has 2 heterocycles. The van der Waals surface area contributed by atoms with E-state index in [1.54, 1.807) is 9.80 Å². The molecular weight excluding hydrogens is 234 g/mol. The van der Waals surface area contributed by atoms with Crippen molar-refractivity contribution in [1.82, 2.24) is 9.80 Å². The molecule has 18 heavy (non-hydrogen) atoms. The molecule has 98 valence electrons. The van der Waals surface area contributed by atoms with Crippen LogP contribution < -0.4 is 0 Å². The summed E-state index contributed by atoms with van der Waals surface area (Å²) in [7, 11) is 0. The van der Waals surface area contributed by atoms with E-state index in [1.165, 1.54) is 0 Å². The van der Waals surface area contributed by atoms with Crippen LogP contribution in [0.1, 0.15) is 12.8 Å². The van der Waals surface area contributed by atoms with E-state index in [-0.39, 0.29) is 17.7 Å². The zero-order valence-corrected chi connectivity index (χ0v) is 10.3. The average Bonchev–Trinajstić information content (AvgIpc) is 2.77. The Balaban J connectivity index is 1.76. The molecule has 0 radical (unpaired) electrons. The lowest BCUT2D eigenvalue weighted by Gasteiger charge is -2.27. The van der Waals surface area contributed by atoms with E-state index in [0.29, 0.717) is 52.2 Å². The van der Waals surface area contributed by atoms with Crippen LogP contribution in [0.2, 0.25) is 0 Å². The van der Waals surface area contributed by atoms with E-state index in [2.05, 4.69) is 6.07 Å². The zero-order chi connectivity index (χ0) is 13.0. The molecule has 2 aliphatic rings. The van der Waals surface area contributed by atoms with Crippen LogP contribution in [0.3, 0.4) is 0 Å². The number of hydrogen-bond acceptors (Lipinski definition) is 4.